The highest BCUT2D eigenvalue weighted by Crippen LogP contribution is 2.41. The Morgan fingerprint density at radius 2 is 1.06 bits per heavy atom. The van der Waals surface area contributed by atoms with E-state index in [1.807, 2.05) is 67.4 Å². The molecular weight excluding hydrogens is 919 g/mol. The third-order valence-electron chi connectivity index (χ3n) is 12.3. The summed E-state index contributed by atoms with van der Waals surface area (Å²) in [5.74, 6) is -1.10. The zero-order chi connectivity index (χ0) is 49.9. The zero-order valence-corrected chi connectivity index (χ0v) is 40.6. The van der Waals surface area contributed by atoms with Crippen molar-refractivity contribution in [2.45, 2.75) is 70.4 Å². The number of sulfonamides is 1. The molecule has 0 spiro atoms. The maximum atomic E-state index is 13.9. The van der Waals surface area contributed by atoms with Gasteiger partial charge in [0, 0.05) is 47.3 Å². The summed E-state index contributed by atoms with van der Waals surface area (Å²) in [6, 6.07) is 27.5. The minimum Gasteiger partial charge on any atom is -0.465 e. The highest BCUT2D eigenvalue weighted by Gasteiger charge is 2.33. The number of methoxy groups -OCH3 is 2. The summed E-state index contributed by atoms with van der Waals surface area (Å²) in [7, 11) is -1.50. The van der Waals surface area contributed by atoms with Gasteiger partial charge >= 0.3 is 17.9 Å². The Bertz CT molecular complexity index is 3250. The van der Waals surface area contributed by atoms with Gasteiger partial charge in [0.15, 0.2) is 23.0 Å². The molecule has 5 aromatic carbocycles. The molecule has 2 unspecified atom stereocenters. The molecule has 1 amide bonds. The van der Waals surface area contributed by atoms with E-state index >= 15 is 0 Å². The largest absolute Gasteiger partial charge is 0.465 e. The molecule has 17 heteroatoms. The number of aromatic nitrogens is 2. The van der Waals surface area contributed by atoms with E-state index in [1.165, 1.54) is 26.4 Å². The van der Waals surface area contributed by atoms with Crippen LogP contribution >= 0.6 is 0 Å². The van der Waals surface area contributed by atoms with Crippen LogP contribution in [-0.4, -0.2) is 75.8 Å². The lowest BCUT2D eigenvalue weighted by atomic mass is 9.90. The minimum absolute atomic E-state index is 0.00612. The second-order valence-electron chi connectivity index (χ2n) is 16.7. The predicted molar refractivity (Wildman–Crippen MR) is 259 cm³/mol. The average molecular weight is 972 g/mol. The third kappa shape index (κ3) is 9.61. The van der Waals surface area contributed by atoms with Crippen molar-refractivity contribution >= 4 is 55.6 Å². The van der Waals surface area contributed by atoms with Crippen LogP contribution in [-0.2, 0) is 46.9 Å². The highest BCUT2D eigenvalue weighted by molar-refractivity contribution is 7.90. The van der Waals surface area contributed by atoms with Gasteiger partial charge in [-0.1, -0.05) is 50.2 Å². The minimum atomic E-state index is -4.17. The smallest absolute Gasteiger partial charge is 0.337 e. The van der Waals surface area contributed by atoms with Crippen LogP contribution in [0.25, 0.3) is 21.8 Å². The molecule has 2 aliphatic heterocycles. The van der Waals surface area contributed by atoms with E-state index in [4.69, 9.17) is 33.2 Å². The maximum Gasteiger partial charge on any atom is 0.337 e. The number of rotatable bonds is 14. The first-order valence-corrected chi connectivity index (χ1v) is 24.2. The van der Waals surface area contributed by atoms with Crippen molar-refractivity contribution in [2.75, 3.05) is 34.4 Å². The fourth-order valence-corrected chi connectivity index (χ4v) is 9.72. The van der Waals surface area contributed by atoms with Crippen molar-refractivity contribution in [2.24, 2.45) is 0 Å². The van der Waals surface area contributed by atoms with Crippen LogP contribution < -0.4 is 23.7 Å². The number of aryl methyl sites for hydroxylation is 2. The highest BCUT2D eigenvalue weighted by atomic mass is 32.2. The molecular formula is C53H53N3O13S. The molecule has 4 heterocycles. The Kier molecular flexibility index (Phi) is 14.2. The van der Waals surface area contributed by atoms with E-state index < -0.39 is 39.7 Å². The lowest BCUT2D eigenvalue weighted by Crippen LogP contribution is -2.35. The quantitative estimate of drug-likeness (QED) is 0.0805. The first kappa shape index (κ1) is 48.7. The van der Waals surface area contributed by atoms with Crippen molar-refractivity contribution in [3.63, 3.8) is 0 Å². The molecule has 0 fully saturated rings. The summed E-state index contributed by atoms with van der Waals surface area (Å²) < 4.78 is 69.9. The Labute approximate surface area is 405 Å². The number of ether oxygens (including phenoxy) is 7. The van der Waals surface area contributed by atoms with Crippen molar-refractivity contribution in [1.82, 2.24) is 13.9 Å². The average Bonchev–Trinajstić information content (AvgIpc) is 4.19. The molecule has 0 saturated carbocycles. The number of hydrogen-bond acceptors (Lipinski definition) is 13. The standard InChI is InChI=1S/C30H30N2O7S.C23H23NO6/c1-5-32-16-24(23-12-8-21(14-25(23)32)30(34)37-4)28(20-9-13-26-27(15-20)39-17-38-26)29(33)31-40(35,36)22-10-6-19(7-11-22)18(2)3;1-4-24-12-17(16-8-6-15(10-18(16)24)22(25)27-3)21(23(26)28-5-2)14-7-9-19-20(11-14)30-13-29-19/h6-16,18,28H,5,17H2,1-4H3,(H,31,33);6-12,21H,4-5,13H2,1-3H3. The van der Waals surface area contributed by atoms with E-state index in [-0.39, 0.29) is 37.0 Å². The summed E-state index contributed by atoms with van der Waals surface area (Å²) in [4.78, 5) is 51.1. The summed E-state index contributed by atoms with van der Waals surface area (Å²) in [6.45, 7) is 11.5. The molecule has 70 heavy (non-hydrogen) atoms. The van der Waals surface area contributed by atoms with Gasteiger partial charge in [0.05, 0.1) is 42.8 Å². The SMILES string of the molecule is CCOC(=O)C(c1ccc2c(c1)OCO2)c1cn(CC)c2cc(C(=O)OC)ccc12.CCn1cc(C(C(=O)NS(=O)(=O)c2ccc(C(C)C)cc2)c2ccc3c(c2)OCO3)c2ccc(C(=O)OC)cc21. The topological polar surface area (TPSA) is 189 Å². The van der Waals surface area contributed by atoms with E-state index in [0.717, 1.165) is 27.6 Å². The molecule has 2 aromatic heterocycles. The van der Waals surface area contributed by atoms with Gasteiger partial charge in [-0.15, -0.1) is 0 Å². The van der Waals surface area contributed by atoms with Gasteiger partial charge in [0.1, 0.15) is 5.92 Å². The van der Waals surface area contributed by atoms with E-state index in [2.05, 4.69) is 4.72 Å². The fraction of sp³-hybridized carbons (Fsp3) is 0.283. The number of amides is 1. The number of benzene rings is 5. The van der Waals surface area contributed by atoms with E-state index in [9.17, 15) is 27.6 Å². The Hall–Kier alpha value is -7.79. The van der Waals surface area contributed by atoms with Crippen LogP contribution in [0.1, 0.15) is 101 Å². The molecule has 7 aromatic rings. The first-order valence-electron chi connectivity index (χ1n) is 22.7. The molecule has 0 saturated heterocycles. The van der Waals surface area contributed by atoms with Crippen molar-refractivity contribution < 1.29 is 60.8 Å². The van der Waals surface area contributed by atoms with Gasteiger partial charge in [0.25, 0.3) is 10.0 Å². The number of hydrogen-bond donors (Lipinski definition) is 1. The van der Waals surface area contributed by atoms with Crippen LogP contribution in [0.5, 0.6) is 23.0 Å². The number of carbonyl (C=O) groups excluding carboxylic acids is 4. The van der Waals surface area contributed by atoms with E-state index in [1.54, 1.807) is 73.7 Å². The van der Waals surface area contributed by atoms with Crippen LogP contribution in [0.4, 0.5) is 0 Å². The first-order chi connectivity index (χ1) is 33.7. The van der Waals surface area contributed by atoms with Crippen LogP contribution in [0.3, 0.4) is 0 Å². The van der Waals surface area contributed by atoms with Crippen LogP contribution in [0.2, 0.25) is 0 Å². The third-order valence-corrected chi connectivity index (χ3v) is 13.7. The molecule has 1 N–H and O–H groups in total. The van der Waals surface area contributed by atoms with Gasteiger partial charge in [-0.25, -0.2) is 22.7 Å². The van der Waals surface area contributed by atoms with Gasteiger partial charge in [0.2, 0.25) is 19.5 Å². The molecule has 0 bridgehead atoms. The van der Waals surface area contributed by atoms with Gasteiger partial charge in [-0.2, -0.15) is 0 Å². The molecule has 9 rings (SSSR count). The summed E-state index contributed by atoms with van der Waals surface area (Å²) in [5, 5.41) is 1.58. The number of nitrogens with zero attached hydrogens (tertiary/aromatic N) is 2. The Morgan fingerprint density at radius 1 is 0.600 bits per heavy atom. The van der Waals surface area contributed by atoms with Crippen molar-refractivity contribution in [3.05, 3.63) is 148 Å². The summed E-state index contributed by atoms with van der Waals surface area (Å²) in [5.41, 5.74) is 6.05. The van der Waals surface area contributed by atoms with Crippen molar-refractivity contribution in [3.8, 4) is 23.0 Å². The second kappa shape index (κ2) is 20.4. The summed E-state index contributed by atoms with van der Waals surface area (Å²) in [6.07, 6.45) is 3.75. The van der Waals surface area contributed by atoms with Gasteiger partial charge < -0.3 is 42.3 Å². The maximum absolute atomic E-state index is 13.9. The summed E-state index contributed by atoms with van der Waals surface area (Å²) >= 11 is 0. The monoisotopic (exact) mass is 971 g/mol. The van der Waals surface area contributed by atoms with Crippen LogP contribution in [0.15, 0.2) is 114 Å². The van der Waals surface area contributed by atoms with Gasteiger partial charge in [-0.05, 0) is 115 Å². The molecule has 16 nitrogen and oxygen atoms in total. The molecule has 364 valence electrons. The second-order valence-corrected chi connectivity index (χ2v) is 18.4. The van der Waals surface area contributed by atoms with Crippen molar-refractivity contribution in [1.29, 1.82) is 0 Å². The molecule has 2 atom stereocenters. The normalized spacial score (nSPS) is 13.4. The lowest BCUT2D eigenvalue weighted by Gasteiger charge is -2.18. The zero-order valence-electron chi connectivity index (χ0n) is 39.8. The Balaban J connectivity index is 0.000000196. The predicted octanol–water partition coefficient (Wildman–Crippen LogP) is 8.81. The Morgan fingerprint density at radius 3 is 1.51 bits per heavy atom. The number of carbonyl (C=O) groups is 4. The molecule has 0 radical (unpaired) electrons. The molecule has 2 aliphatic rings. The number of esters is 3. The van der Waals surface area contributed by atoms with E-state index in [0.29, 0.717) is 69.2 Å². The van der Waals surface area contributed by atoms with Gasteiger partial charge in [-0.3, -0.25) is 9.59 Å². The number of fused-ring (bicyclic) bond motifs is 4. The fourth-order valence-electron chi connectivity index (χ4n) is 8.72. The molecule has 0 aliphatic carbocycles. The lowest BCUT2D eigenvalue weighted by molar-refractivity contribution is -0.143. The number of nitrogens with one attached hydrogen (secondary N) is 1. The van der Waals surface area contributed by atoms with Crippen LogP contribution in [0, 0.1) is 0 Å².